The molecule has 2 aromatic heterocycles. The molecule has 0 bridgehead atoms. The van der Waals surface area contributed by atoms with Gasteiger partial charge in [0.15, 0.2) is 5.65 Å². The predicted molar refractivity (Wildman–Crippen MR) is 106 cm³/mol. The van der Waals surface area contributed by atoms with Crippen LogP contribution in [0.5, 0.6) is 5.75 Å². The molecule has 0 aliphatic heterocycles. The van der Waals surface area contributed by atoms with E-state index in [2.05, 4.69) is 31.3 Å². The van der Waals surface area contributed by atoms with Crippen molar-refractivity contribution in [2.75, 3.05) is 30.0 Å². The Morgan fingerprint density at radius 1 is 1.19 bits per heavy atom. The first-order valence-corrected chi connectivity index (χ1v) is 8.59. The number of aromatic nitrogens is 3. The second-order valence-electron chi connectivity index (χ2n) is 6.06. The average Bonchev–Trinajstić information content (AvgIpc) is 3.05. The molecule has 0 spiro atoms. The summed E-state index contributed by atoms with van der Waals surface area (Å²) >= 11 is 0. The number of para-hydroxylation sites is 2. The SMILES string of the molecule is CNC(=O)Nc1cnn2c(NC)cc(Nc3ccccc3OC(C)C)nc12. The van der Waals surface area contributed by atoms with Gasteiger partial charge in [0, 0.05) is 20.2 Å². The summed E-state index contributed by atoms with van der Waals surface area (Å²) in [6.45, 7) is 3.95. The fourth-order valence-electron chi connectivity index (χ4n) is 2.54. The van der Waals surface area contributed by atoms with E-state index in [1.807, 2.05) is 44.2 Å². The highest BCUT2D eigenvalue weighted by atomic mass is 16.5. The molecule has 27 heavy (non-hydrogen) atoms. The minimum absolute atomic E-state index is 0.0504. The minimum Gasteiger partial charge on any atom is -0.489 e. The molecule has 3 rings (SSSR count). The van der Waals surface area contributed by atoms with Gasteiger partial charge in [-0.05, 0) is 26.0 Å². The lowest BCUT2D eigenvalue weighted by molar-refractivity contribution is 0.244. The summed E-state index contributed by atoms with van der Waals surface area (Å²) in [5, 5.41) is 15.9. The van der Waals surface area contributed by atoms with E-state index in [0.29, 0.717) is 17.2 Å². The molecule has 0 aliphatic carbocycles. The first kappa shape index (κ1) is 18.3. The van der Waals surface area contributed by atoms with Crippen molar-refractivity contribution in [3.05, 3.63) is 36.5 Å². The summed E-state index contributed by atoms with van der Waals surface area (Å²) in [7, 11) is 3.34. The van der Waals surface area contributed by atoms with E-state index < -0.39 is 0 Å². The van der Waals surface area contributed by atoms with Crippen LogP contribution in [0.25, 0.3) is 5.65 Å². The number of hydrogen-bond donors (Lipinski definition) is 4. The van der Waals surface area contributed by atoms with Crippen LogP contribution in [0.3, 0.4) is 0 Å². The molecule has 0 unspecified atom stereocenters. The predicted octanol–water partition coefficient (Wildman–Crippen LogP) is 3.05. The van der Waals surface area contributed by atoms with E-state index in [9.17, 15) is 4.79 Å². The largest absolute Gasteiger partial charge is 0.489 e. The highest BCUT2D eigenvalue weighted by Gasteiger charge is 2.14. The number of anilines is 4. The highest BCUT2D eigenvalue weighted by Crippen LogP contribution is 2.29. The van der Waals surface area contributed by atoms with Crippen LogP contribution in [0, 0.1) is 0 Å². The van der Waals surface area contributed by atoms with Crippen molar-refractivity contribution in [3.63, 3.8) is 0 Å². The maximum absolute atomic E-state index is 11.7. The zero-order chi connectivity index (χ0) is 19.4. The Hall–Kier alpha value is -3.49. The number of carbonyl (C=O) groups excluding carboxylic acids is 1. The molecule has 0 atom stereocenters. The van der Waals surface area contributed by atoms with Gasteiger partial charge in [0.05, 0.1) is 18.0 Å². The van der Waals surface area contributed by atoms with Crippen LogP contribution >= 0.6 is 0 Å². The van der Waals surface area contributed by atoms with E-state index in [-0.39, 0.29) is 12.1 Å². The number of fused-ring (bicyclic) bond motifs is 1. The molecule has 2 heterocycles. The maximum Gasteiger partial charge on any atom is 0.319 e. The molecule has 142 valence electrons. The molecule has 0 saturated carbocycles. The first-order valence-electron chi connectivity index (χ1n) is 8.59. The van der Waals surface area contributed by atoms with Crippen molar-refractivity contribution < 1.29 is 9.53 Å². The number of nitrogens with one attached hydrogen (secondary N) is 4. The third-order valence-electron chi connectivity index (χ3n) is 3.72. The van der Waals surface area contributed by atoms with E-state index in [1.165, 1.54) is 0 Å². The molecule has 4 N–H and O–H groups in total. The molecule has 0 saturated heterocycles. The Balaban J connectivity index is 2.00. The Bertz CT molecular complexity index is 952. The van der Waals surface area contributed by atoms with Crippen LogP contribution in [-0.4, -0.2) is 40.8 Å². The third kappa shape index (κ3) is 4.02. The number of nitrogens with zero attached hydrogens (tertiary/aromatic N) is 3. The molecule has 9 heteroatoms. The van der Waals surface area contributed by atoms with Gasteiger partial charge in [0.2, 0.25) is 0 Å². The Labute approximate surface area is 157 Å². The Morgan fingerprint density at radius 2 is 1.96 bits per heavy atom. The standard InChI is InChI=1S/C18H23N7O2/c1-11(2)27-14-8-6-5-7-12(14)22-15-9-16(19-3)25-17(24-15)13(10-21-25)23-18(26)20-4/h5-11,19H,1-4H3,(H,22,24)(H2,20,23,26). The van der Waals surface area contributed by atoms with Gasteiger partial charge >= 0.3 is 6.03 Å². The molecular formula is C18H23N7O2. The zero-order valence-electron chi connectivity index (χ0n) is 15.7. The summed E-state index contributed by atoms with van der Waals surface area (Å²) < 4.78 is 7.47. The van der Waals surface area contributed by atoms with Crippen molar-refractivity contribution in [3.8, 4) is 5.75 Å². The van der Waals surface area contributed by atoms with Gasteiger partial charge in [-0.15, -0.1) is 0 Å². The molecular weight excluding hydrogens is 346 g/mol. The molecule has 2 amide bonds. The molecule has 0 radical (unpaired) electrons. The van der Waals surface area contributed by atoms with Crippen molar-refractivity contribution >= 4 is 34.7 Å². The lowest BCUT2D eigenvalue weighted by Crippen LogP contribution is -2.24. The minimum atomic E-state index is -0.341. The van der Waals surface area contributed by atoms with Crippen molar-refractivity contribution in [1.82, 2.24) is 19.9 Å². The van der Waals surface area contributed by atoms with Gasteiger partial charge in [-0.2, -0.15) is 9.61 Å². The van der Waals surface area contributed by atoms with Crippen LogP contribution in [0.1, 0.15) is 13.8 Å². The van der Waals surface area contributed by atoms with Crippen molar-refractivity contribution in [2.24, 2.45) is 0 Å². The average molecular weight is 369 g/mol. The van der Waals surface area contributed by atoms with Crippen molar-refractivity contribution in [1.29, 1.82) is 0 Å². The van der Waals surface area contributed by atoms with Crippen molar-refractivity contribution in [2.45, 2.75) is 20.0 Å². The van der Waals surface area contributed by atoms with Gasteiger partial charge in [0.1, 0.15) is 23.1 Å². The molecule has 9 nitrogen and oxygen atoms in total. The fourth-order valence-corrected chi connectivity index (χ4v) is 2.54. The second kappa shape index (κ2) is 7.81. The topological polar surface area (TPSA) is 105 Å². The zero-order valence-corrected chi connectivity index (χ0v) is 15.7. The van der Waals surface area contributed by atoms with Crippen LogP contribution in [0.2, 0.25) is 0 Å². The lowest BCUT2D eigenvalue weighted by Gasteiger charge is -2.16. The molecule has 3 aromatic rings. The second-order valence-corrected chi connectivity index (χ2v) is 6.06. The Morgan fingerprint density at radius 3 is 2.67 bits per heavy atom. The van der Waals surface area contributed by atoms with E-state index in [4.69, 9.17) is 4.74 Å². The quantitative estimate of drug-likeness (QED) is 0.532. The van der Waals surface area contributed by atoms with Gasteiger partial charge in [-0.25, -0.2) is 9.78 Å². The summed E-state index contributed by atoms with van der Waals surface area (Å²) in [4.78, 5) is 16.3. The summed E-state index contributed by atoms with van der Waals surface area (Å²) in [5.74, 6) is 2.04. The number of amides is 2. The number of carbonyl (C=O) groups is 1. The summed E-state index contributed by atoms with van der Waals surface area (Å²) in [5.41, 5.74) is 1.81. The number of ether oxygens (including phenoxy) is 1. The highest BCUT2D eigenvalue weighted by molar-refractivity contribution is 5.93. The van der Waals surface area contributed by atoms with E-state index in [0.717, 1.165) is 17.3 Å². The Kier molecular flexibility index (Phi) is 5.30. The number of urea groups is 1. The lowest BCUT2D eigenvalue weighted by atomic mass is 10.3. The van der Waals surface area contributed by atoms with Crippen LogP contribution in [-0.2, 0) is 0 Å². The third-order valence-corrected chi connectivity index (χ3v) is 3.72. The smallest absolute Gasteiger partial charge is 0.319 e. The van der Waals surface area contributed by atoms with Gasteiger partial charge in [-0.1, -0.05) is 12.1 Å². The fraction of sp³-hybridized carbons (Fsp3) is 0.278. The molecule has 0 aliphatic rings. The molecule has 1 aromatic carbocycles. The van der Waals surface area contributed by atoms with Crippen LogP contribution in [0.15, 0.2) is 36.5 Å². The normalized spacial score (nSPS) is 10.7. The number of rotatable bonds is 6. The first-order chi connectivity index (χ1) is 13.0. The number of benzene rings is 1. The summed E-state index contributed by atoms with van der Waals surface area (Å²) in [6.07, 6.45) is 1.60. The van der Waals surface area contributed by atoms with E-state index in [1.54, 1.807) is 24.8 Å². The van der Waals surface area contributed by atoms with Crippen LogP contribution < -0.4 is 26.0 Å². The maximum atomic E-state index is 11.7. The summed E-state index contributed by atoms with van der Waals surface area (Å²) in [6, 6.07) is 9.15. The van der Waals surface area contributed by atoms with Gasteiger partial charge in [0.25, 0.3) is 0 Å². The van der Waals surface area contributed by atoms with Gasteiger partial charge < -0.3 is 26.0 Å². The van der Waals surface area contributed by atoms with E-state index >= 15 is 0 Å². The van der Waals surface area contributed by atoms with Crippen LogP contribution in [0.4, 0.5) is 27.8 Å². The molecule has 0 fully saturated rings. The van der Waals surface area contributed by atoms with Gasteiger partial charge in [-0.3, -0.25) is 0 Å². The number of hydrogen-bond acceptors (Lipinski definition) is 6. The monoisotopic (exact) mass is 369 g/mol.